The molecule has 0 aliphatic carbocycles. The third-order valence-corrected chi connectivity index (χ3v) is 6.87. The monoisotopic (exact) mass is 479 g/mol. The van der Waals surface area contributed by atoms with Crippen molar-refractivity contribution in [2.75, 3.05) is 60.9 Å². The van der Waals surface area contributed by atoms with Gasteiger partial charge in [0.2, 0.25) is 5.91 Å². The number of allylic oxidation sites excluding steroid dienone is 1. The van der Waals surface area contributed by atoms with Gasteiger partial charge in [0, 0.05) is 19.4 Å². The second kappa shape index (κ2) is 19.8. The first kappa shape index (κ1) is 32.5. The van der Waals surface area contributed by atoms with Gasteiger partial charge in [0.15, 0.2) is 5.78 Å². The largest absolute Gasteiger partial charge is 0.352 e. The van der Waals surface area contributed by atoms with Gasteiger partial charge in [-0.1, -0.05) is 51.7 Å². The van der Waals surface area contributed by atoms with E-state index in [1.165, 1.54) is 89.4 Å². The average molecular weight is 480 g/mol. The van der Waals surface area contributed by atoms with Crippen molar-refractivity contribution in [2.24, 2.45) is 0 Å². The van der Waals surface area contributed by atoms with E-state index in [2.05, 4.69) is 46.7 Å². The van der Waals surface area contributed by atoms with Crippen LogP contribution < -0.4 is 5.32 Å². The Morgan fingerprint density at radius 1 is 0.588 bits per heavy atom. The van der Waals surface area contributed by atoms with Crippen LogP contribution in [0.1, 0.15) is 89.9 Å². The Morgan fingerprint density at radius 3 is 1.38 bits per heavy atom. The molecule has 0 atom stereocenters. The minimum Gasteiger partial charge on any atom is -0.352 e. The number of unbranched alkanes of at least 4 members (excludes halogenated alkanes) is 10. The zero-order valence-electron chi connectivity index (χ0n) is 23.2. The quantitative estimate of drug-likeness (QED) is 0.110. The van der Waals surface area contributed by atoms with Crippen molar-refractivity contribution < 1.29 is 18.6 Å². The summed E-state index contributed by atoms with van der Waals surface area (Å²) in [5.41, 5.74) is 0. The van der Waals surface area contributed by atoms with E-state index >= 15 is 0 Å². The van der Waals surface area contributed by atoms with E-state index in [9.17, 15) is 9.59 Å². The van der Waals surface area contributed by atoms with Crippen LogP contribution in [0.25, 0.3) is 0 Å². The second-order valence-electron chi connectivity index (χ2n) is 11.3. The third kappa shape index (κ3) is 21.1. The predicted molar refractivity (Wildman–Crippen MR) is 147 cm³/mol. The summed E-state index contributed by atoms with van der Waals surface area (Å²) in [6.07, 6.45) is 20.1. The molecule has 1 amide bonds. The summed E-state index contributed by atoms with van der Waals surface area (Å²) in [6.45, 7) is 12.5. The number of ketones is 1. The van der Waals surface area contributed by atoms with E-state index in [4.69, 9.17) is 0 Å². The zero-order chi connectivity index (χ0) is 25.7. The van der Waals surface area contributed by atoms with Crippen molar-refractivity contribution in [3.63, 3.8) is 0 Å². The van der Waals surface area contributed by atoms with Crippen molar-refractivity contribution >= 4 is 11.7 Å². The van der Waals surface area contributed by atoms with Gasteiger partial charge in [-0.15, -0.1) is 0 Å². The molecule has 0 unspecified atom stereocenters. The van der Waals surface area contributed by atoms with Gasteiger partial charge in [0.1, 0.15) is 0 Å². The summed E-state index contributed by atoms with van der Waals surface area (Å²) >= 11 is 0. The number of carbonyl (C=O) groups is 2. The lowest BCUT2D eigenvalue weighted by Crippen LogP contribution is -2.42. The average Bonchev–Trinajstić information content (AvgIpc) is 2.79. The first-order chi connectivity index (χ1) is 16.1. The minimum absolute atomic E-state index is 0.0741. The fourth-order valence-corrected chi connectivity index (χ4v) is 4.45. The Bertz CT molecular complexity index is 520. The summed E-state index contributed by atoms with van der Waals surface area (Å²) in [6, 6.07) is 0. The molecule has 0 saturated heterocycles. The van der Waals surface area contributed by atoms with E-state index in [0.29, 0.717) is 6.42 Å². The number of rotatable bonds is 24. The van der Waals surface area contributed by atoms with E-state index in [-0.39, 0.29) is 11.7 Å². The van der Waals surface area contributed by atoms with Crippen molar-refractivity contribution in [3.8, 4) is 0 Å². The number of quaternary nitrogens is 2. The van der Waals surface area contributed by atoms with Gasteiger partial charge < -0.3 is 14.3 Å². The highest BCUT2D eigenvalue weighted by molar-refractivity contribution is 5.88. The molecule has 0 spiro atoms. The zero-order valence-corrected chi connectivity index (χ0v) is 23.2. The molecule has 0 bridgehead atoms. The predicted octanol–water partition coefficient (Wildman–Crippen LogP) is 5.66. The minimum atomic E-state index is -0.0741. The number of nitrogens with one attached hydrogen (secondary N) is 1. The molecule has 1 N–H and O–H groups in total. The Balaban J connectivity index is 3.51. The summed E-state index contributed by atoms with van der Waals surface area (Å²) in [7, 11) is 9.22. The van der Waals surface area contributed by atoms with Gasteiger partial charge in [-0.2, -0.15) is 0 Å². The fourth-order valence-electron chi connectivity index (χ4n) is 4.45. The lowest BCUT2D eigenvalue weighted by Gasteiger charge is -2.30. The van der Waals surface area contributed by atoms with Crippen molar-refractivity contribution in [1.29, 1.82) is 0 Å². The Hall–Kier alpha value is -1.46. The molecular weight excluding hydrogens is 422 g/mol. The molecule has 5 heteroatoms. The number of carbonyl (C=O) groups excluding carboxylic acids is 2. The van der Waals surface area contributed by atoms with Crippen LogP contribution in [-0.4, -0.2) is 81.6 Å². The molecule has 0 saturated carbocycles. The smallest absolute Gasteiger partial charge is 0.243 e. The van der Waals surface area contributed by atoms with E-state index in [0.717, 1.165) is 47.9 Å². The highest BCUT2D eigenvalue weighted by atomic mass is 16.1. The maximum absolute atomic E-state index is 11.3. The van der Waals surface area contributed by atoms with Crippen LogP contribution in [-0.2, 0) is 9.59 Å². The van der Waals surface area contributed by atoms with Gasteiger partial charge in [-0.25, -0.2) is 0 Å². The molecular formula is C29H57N3O2+2. The molecule has 0 fully saturated rings. The molecule has 0 aromatic heterocycles. The standard InChI is InChI=1S/C29H56N3O2/c1-7-28(33)22-17-20-26-31(3,4)24-18-15-13-11-9-10-12-14-16-19-25-32(5,6)27-21-23-30-29(34)8-2/h7-8H,1-2,9-27H2,3-6H3/q+1/p+1. The highest BCUT2D eigenvalue weighted by Gasteiger charge is 2.15. The van der Waals surface area contributed by atoms with E-state index in [1.807, 2.05) is 0 Å². The number of nitrogens with zero attached hydrogens (tertiary/aromatic N) is 2. The van der Waals surface area contributed by atoms with Gasteiger partial charge in [0.25, 0.3) is 0 Å². The molecule has 198 valence electrons. The van der Waals surface area contributed by atoms with Crippen LogP contribution in [0.3, 0.4) is 0 Å². The third-order valence-electron chi connectivity index (χ3n) is 6.87. The van der Waals surface area contributed by atoms with Gasteiger partial charge in [-0.05, 0) is 50.7 Å². The van der Waals surface area contributed by atoms with Crippen LogP contribution in [0.15, 0.2) is 25.3 Å². The van der Waals surface area contributed by atoms with Crippen LogP contribution >= 0.6 is 0 Å². The summed E-state index contributed by atoms with van der Waals surface area (Å²) in [5, 5.41) is 2.86. The molecule has 0 aliphatic rings. The summed E-state index contributed by atoms with van der Waals surface area (Å²) in [4.78, 5) is 22.5. The number of hydrogen-bond acceptors (Lipinski definition) is 2. The fraction of sp³-hybridized carbons (Fsp3) is 0.793. The molecule has 5 nitrogen and oxygen atoms in total. The lowest BCUT2D eigenvalue weighted by molar-refractivity contribution is -0.890. The Kier molecular flexibility index (Phi) is 19.0. The van der Waals surface area contributed by atoms with Gasteiger partial charge in [-0.3, -0.25) is 9.59 Å². The first-order valence-electron chi connectivity index (χ1n) is 13.8. The molecule has 0 aromatic carbocycles. The molecule has 0 rings (SSSR count). The van der Waals surface area contributed by atoms with Crippen LogP contribution in [0.5, 0.6) is 0 Å². The Morgan fingerprint density at radius 2 is 0.971 bits per heavy atom. The number of amides is 1. The van der Waals surface area contributed by atoms with E-state index < -0.39 is 0 Å². The topological polar surface area (TPSA) is 46.2 Å². The van der Waals surface area contributed by atoms with Crippen molar-refractivity contribution in [3.05, 3.63) is 25.3 Å². The second-order valence-corrected chi connectivity index (χ2v) is 11.3. The van der Waals surface area contributed by atoms with Gasteiger partial charge >= 0.3 is 0 Å². The molecule has 34 heavy (non-hydrogen) atoms. The SMILES string of the molecule is C=CC(=O)CCCC[N+](C)(C)CCCCCCCCCCCC[N+](C)(C)CCCNC(=O)C=C. The molecule has 0 aliphatic heterocycles. The Labute approximate surface area is 211 Å². The molecule has 0 radical (unpaired) electrons. The van der Waals surface area contributed by atoms with Crippen LogP contribution in [0.2, 0.25) is 0 Å². The summed E-state index contributed by atoms with van der Waals surface area (Å²) < 4.78 is 2.11. The van der Waals surface area contributed by atoms with Crippen molar-refractivity contribution in [2.45, 2.75) is 89.9 Å². The van der Waals surface area contributed by atoms with E-state index in [1.54, 1.807) is 0 Å². The lowest BCUT2D eigenvalue weighted by atomic mass is 10.1. The molecule has 0 aromatic rings. The highest BCUT2D eigenvalue weighted by Crippen LogP contribution is 2.13. The van der Waals surface area contributed by atoms with Crippen LogP contribution in [0, 0.1) is 0 Å². The maximum atomic E-state index is 11.3. The van der Waals surface area contributed by atoms with Crippen LogP contribution in [0.4, 0.5) is 0 Å². The van der Waals surface area contributed by atoms with Gasteiger partial charge in [0.05, 0.1) is 54.4 Å². The first-order valence-corrected chi connectivity index (χ1v) is 13.8. The maximum Gasteiger partial charge on any atom is 0.243 e. The summed E-state index contributed by atoms with van der Waals surface area (Å²) in [5.74, 6) is 0.1000. The normalized spacial score (nSPS) is 11.9. The number of hydrogen-bond donors (Lipinski definition) is 1. The molecule has 0 heterocycles. The van der Waals surface area contributed by atoms with Crippen molar-refractivity contribution in [1.82, 2.24) is 5.32 Å².